The van der Waals surface area contributed by atoms with Crippen molar-refractivity contribution in [1.29, 1.82) is 0 Å². The molecule has 0 bridgehead atoms. The summed E-state index contributed by atoms with van der Waals surface area (Å²) in [5.41, 5.74) is 0. The van der Waals surface area contributed by atoms with Gasteiger partial charge in [-0.3, -0.25) is 0 Å². The maximum Gasteiger partial charge on any atom is 0.0575 e. The summed E-state index contributed by atoms with van der Waals surface area (Å²) in [7, 11) is 0. The van der Waals surface area contributed by atoms with E-state index in [2.05, 4.69) is 13.8 Å². The first-order chi connectivity index (χ1) is 15.8. The third-order valence-corrected chi connectivity index (χ3v) is 8.84. The van der Waals surface area contributed by atoms with E-state index in [-0.39, 0.29) is 0 Å². The van der Waals surface area contributed by atoms with Crippen molar-refractivity contribution >= 4 is 0 Å². The highest BCUT2D eigenvalue weighted by Gasteiger charge is 2.30. The van der Waals surface area contributed by atoms with E-state index in [9.17, 15) is 0 Å². The van der Waals surface area contributed by atoms with Gasteiger partial charge >= 0.3 is 0 Å². The molecule has 1 nitrogen and oxygen atoms in total. The van der Waals surface area contributed by atoms with Crippen LogP contribution in [0.2, 0.25) is 0 Å². The summed E-state index contributed by atoms with van der Waals surface area (Å²) in [6.45, 7) is 5.64. The van der Waals surface area contributed by atoms with Crippen molar-refractivity contribution in [2.75, 3.05) is 6.61 Å². The van der Waals surface area contributed by atoms with Crippen molar-refractivity contribution in [2.45, 2.75) is 174 Å². The van der Waals surface area contributed by atoms with Crippen LogP contribution in [0.25, 0.3) is 0 Å². The lowest BCUT2D eigenvalue weighted by Gasteiger charge is -2.38. The van der Waals surface area contributed by atoms with Crippen LogP contribution < -0.4 is 0 Å². The summed E-state index contributed by atoms with van der Waals surface area (Å²) in [4.78, 5) is 0. The first-order valence-electron chi connectivity index (χ1n) is 15.4. The summed E-state index contributed by atoms with van der Waals surface area (Å²) in [6.07, 6.45) is 35.3. The molecular weight excluding hydrogens is 388 g/mol. The SMILES string of the molecule is CCCCCCCCCCO[C@H]1CC[C@H]([C@H]2CC[C@H](CCCCCCCCC)CC2)CC1. The first kappa shape index (κ1) is 28.2. The van der Waals surface area contributed by atoms with Crippen LogP contribution in [0, 0.1) is 17.8 Å². The average Bonchev–Trinajstić information content (AvgIpc) is 2.83. The topological polar surface area (TPSA) is 9.23 Å². The number of rotatable bonds is 19. The quantitative estimate of drug-likeness (QED) is 0.178. The lowest BCUT2D eigenvalue weighted by atomic mass is 9.70. The van der Waals surface area contributed by atoms with Crippen LogP contribution in [0.15, 0.2) is 0 Å². The van der Waals surface area contributed by atoms with E-state index in [0.29, 0.717) is 6.10 Å². The third-order valence-electron chi connectivity index (χ3n) is 8.84. The fourth-order valence-electron chi connectivity index (χ4n) is 6.55. The van der Waals surface area contributed by atoms with Gasteiger partial charge in [0.1, 0.15) is 0 Å². The Bertz CT molecular complexity index is 389. The molecule has 0 saturated heterocycles. The molecule has 1 heteroatoms. The average molecular weight is 449 g/mol. The summed E-state index contributed by atoms with van der Waals surface area (Å²) >= 11 is 0. The van der Waals surface area contributed by atoms with Gasteiger partial charge in [0.25, 0.3) is 0 Å². The molecule has 190 valence electrons. The van der Waals surface area contributed by atoms with Crippen LogP contribution in [0.4, 0.5) is 0 Å². The van der Waals surface area contributed by atoms with Crippen molar-refractivity contribution in [1.82, 2.24) is 0 Å². The van der Waals surface area contributed by atoms with E-state index in [0.717, 1.165) is 24.4 Å². The Balaban J connectivity index is 1.41. The van der Waals surface area contributed by atoms with Gasteiger partial charge in [0, 0.05) is 6.61 Å². The molecule has 0 N–H and O–H groups in total. The second-order valence-electron chi connectivity index (χ2n) is 11.6. The highest BCUT2D eigenvalue weighted by atomic mass is 16.5. The van der Waals surface area contributed by atoms with Gasteiger partial charge in [-0.25, -0.2) is 0 Å². The summed E-state index contributed by atoms with van der Waals surface area (Å²) in [6, 6.07) is 0. The van der Waals surface area contributed by atoms with Crippen LogP contribution in [0.3, 0.4) is 0 Å². The zero-order valence-electron chi connectivity index (χ0n) is 22.4. The highest BCUT2D eigenvalue weighted by molar-refractivity contribution is 4.82. The molecule has 0 unspecified atom stereocenters. The molecule has 2 rings (SSSR count). The lowest BCUT2D eigenvalue weighted by molar-refractivity contribution is 0.00526. The molecule has 2 aliphatic rings. The van der Waals surface area contributed by atoms with E-state index in [1.165, 1.54) is 154 Å². The van der Waals surface area contributed by atoms with Gasteiger partial charge in [-0.05, 0) is 62.7 Å². The standard InChI is InChI=1S/C31H60O/c1-3-5-7-9-11-13-15-17-27-32-31-25-23-30(24-26-31)29-21-19-28(20-22-29)18-16-14-12-10-8-6-4-2/h28-31H,3-27H2,1-2H3/t28-,29-,30-,31-. The molecule has 2 saturated carbocycles. The minimum absolute atomic E-state index is 0.587. The molecule has 0 amide bonds. The van der Waals surface area contributed by atoms with E-state index < -0.39 is 0 Å². The zero-order valence-corrected chi connectivity index (χ0v) is 22.4. The van der Waals surface area contributed by atoms with Gasteiger partial charge in [-0.15, -0.1) is 0 Å². The minimum Gasteiger partial charge on any atom is -0.378 e. The monoisotopic (exact) mass is 448 g/mol. The predicted octanol–water partition coefficient (Wildman–Crippen LogP) is 10.6. The van der Waals surface area contributed by atoms with Crippen molar-refractivity contribution in [2.24, 2.45) is 17.8 Å². The Morgan fingerprint density at radius 2 is 0.906 bits per heavy atom. The van der Waals surface area contributed by atoms with Crippen molar-refractivity contribution < 1.29 is 4.74 Å². The fourth-order valence-corrected chi connectivity index (χ4v) is 6.55. The molecule has 0 aliphatic heterocycles. The molecule has 0 spiro atoms. The largest absolute Gasteiger partial charge is 0.378 e. The van der Waals surface area contributed by atoms with Crippen LogP contribution >= 0.6 is 0 Å². The Kier molecular flexibility index (Phi) is 17.0. The summed E-state index contributed by atoms with van der Waals surface area (Å²) in [5.74, 6) is 3.14. The molecule has 0 atom stereocenters. The maximum absolute atomic E-state index is 6.27. The number of ether oxygens (including phenoxy) is 1. The Hall–Kier alpha value is -0.0400. The second kappa shape index (κ2) is 19.3. The van der Waals surface area contributed by atoms with Crippen LogP contribution in [0.1, 0.15) is 168 Å². The molecule has 0 aromatic heterocycles. The fraction of sp³-hybridized carbons (Fsp3) is 1.00. The van der Waals surface area contributed by atoms with Crippen molar-refractivity contribution in [3.63, 3.8) is 0 Å². The van der Waals surface area contributed by atoms with Gasteiger partial charge in [0.15, 0.2) is 0 Å². The number of hydrogen-bond donors (Lipinski definition) is 0. The Morgan fingerprint density at radius 3 is 1.44 bits per heavy atom. The van der Waals surface area contributed by atoms with E-state index in [4.69, 9.17) is 4.74 Å². The van der Waals surface area contributed by atoms with Crippen molar-refractivity contribution in [3.05, 3.63) is 0 Å². The molecule has 32 heavy (non-hydrogen) atoms. The number of hydrogen-bond acceptors (Lipinski definition) is 1. The molecule has 0 aromatic carbocycles. The van der Waals surface area contributed by atoms with Gasteiger partial charge in [-0.1, -0.05) is 123 Å². The predicted molar refractivity (Wildman–Crippen MR) is 142 cm³/mol. The summed E-state index contributed by atoms with van der Waals surface area (Å²) < 4.78 is 6.27. The van der Waals surface area contributed by atoms with Crippen LogP contribution in [-0.2, 0) is 4.74 Å². The van der Waals surface area contributed by atoms with E-state index >= 15 is 0 Å². The lowest BCUT2D eigenvalue weighted by Crippen LogP contribution is -2.28. The molecule has 2 aliphatic carbocycles. The van der Waals surface area contributed by atoms with Gasteiger partial charge in [0.05, 0.1) is 6.10 Å². The van der Waals surface area contributed by atoms with Crippen molar-refractivity contribution in [3.8, 4) is 0 Å². The third kappa shape index (κ3) is 13.0. The first-order valence-corrected chi connectivity index (χ1v) is 15.4. The second-order valence-corrected chi connectivity index (χ2v) is 11.6. The van der Waals surface area contributed by atoms with Crippen LogP contribution in [0.5, 0.6) is 0 Å². The number of unbranched alkanes of at least 4 members (excludes halogenated alkanes) is 13. The normalized spacial score (nSPS) is 26.4. The molecule has 0 heterocycles. The van der Waals surface area contributed by atoms with Crippen LogP contribution in [-0.4, -0.2) is 12.7 Å². The molecule has 2 fully saturated rings. The zero-order chi connectivity index (χ0) is 22.7. The molecular formula is C31H60O. The smallest absolute Gasteiger partial charge is 0.0575 e. The minimum atomic E-state index is 0.587. The van der Waals surface area contributed by atoms with Gasteiger partial charge in [0.2, 0.25) is 0 Å². The molecule has 0 radical (unpaired) electrons. The Labute approximate surface area is 203 Å². The molecule has 0 aromatic rings. The van der Waals surface area contributed by atoms with E-state index in [1.54, 1.807) is 0 Å². The van der Waals surface area contributed by atoms with Gasteiger partial charge in [-0.2, -0.15) is 0 Å². The summed E-state index contributed by atoms with van der Waals surface area (Å²) in [5, 5.41) is 0. The van der Waals surface area contributed by atoms with E-state index in [1.807, 2.05) is 0 Å². The highest BCUT2D eigenvalue weighted by Crippen LogP contribution is 2.41. The maximum atomic E-state index is 6.27. The Morgan fingerprint density at radius 1 is 0.469 bits per heavy atom. The van der Waals surface area contributed by atoms with Gasteiger partial charge < -0.3 is 4.74 Å².